The molecular formula is C11H9N3O2. The highest BCUT2D eigenvalue weighted by atomic mass is 16.5. The van der Waals surface area contributed by atoms with Crippen LogP contribution in [0.4, 0.5) is 0 Å². The van der Waals surface area contributed by atoms with Gasteiger partial charge in [-0.3, -0.25) is 9.79 Å². The van der Waals surface area contributed by atoms with Gasteiger partial charge in [0.15, 0.2) is 0 Å². The fourth-order valence-electron chi connectivity index (χ4n) is 1.89. The first-order valence-corrected chi connectivity index (χ1v) is 4.89. The lowest BCUT2D eigenvalue weighted by Gasteiger charge is -2.11. The second-order valence-corrected chi connectivity index (χ2v) is 3.57. The average Bonchev–Trinajstić information content (AvgIpc) is 2.68. The highest BCUT2D eigenvalue weighted by Gasteiger charge is 2.21. The lowest BCUT2D eigenvalue weighted by atomic mass is 10.0. The molecule has 0 aromatic carbocycles. The zero-order chi connectivity index (χ0) is 11.1. The molecule has 1 unspecified atom stereocenters. The SMILES string of the molecule is COC1=CC2=c3nc[nH]c(=O)c3=NC2C=C1. The molecule has 80 valence electrons. The molecule has 1 aromatic rings. The van der Waals surface area contributed by atoms with E-state index in [1.54, 1.807) is 7.11 Å². The standard InChI is InChI=1S/C11H9N3O2/c1-16-6-2-3-8-7(4-6)9-10(14-8)11(15)13-5-12-9/h2-5,8H,1H3,(H,12,13,15). The molecule has 5 nitrogen and oxygen atoms in total. The topological polar surface area (TPSA) is 67.3 Å². The van der Waals surface area contributed by atoms with Gasteiger partial charge < -0.3 is 9.72 Å². The molecule has 1 aromatic heterocycles. The van der Waals surface area contributed by atoms with Crippen molar-refractivity contribution in [1.82, 2.24) is 9.97 Å². The molecule has 3 rings (SSSR count). The summed E-state index contributed by atoms with van der Waals surface area (Å²) in [6.45, 7) is 0. The Bertz CT molecular complexity index is 682. The van der Waals surface area contributed by atoms with Crippen LogP contribution in [-0.2, 0) is 4.74 Å². The molecule has 1 aliphatic heterocycles. The van der Waals surface area contributed by atoms with Gasteiger partial charge in [0.25, 0.3) is 5.56 Å². The number of methoxy groups -OCH3 is 1. The first-order chi connectivity index (χ1) is 7.79. The summed E-state index contributed by atoms with van der Waals surface area (Å²) in [6.07, 6.45) is 7.00. The van der Waals surface area contributed by atoms with Gasteiger partial charge in [-0.15, -0.1) is 0 Å². The summed E-state index contributed by atoms with van der Waals surface area (Å²) in [7, 11) is 1.61. The number of fused-ring (bicyclic) bond motifs is 2. The van der Waals surface area contributed by atoms with Crippen LogP contribution in [0.15, 0.2) is 40.1 Å². The summed E-state index contributed by atoms with van der Waals surface area (Å²) >= 11 is 0. The van der Waals surface area contributed by atoms with Gasteiger partial charge in [-0.2, -0.15) is 0 Å². The number of aromatic amines is 1. The Morgan fingerprint density at radius 2 is 2.38 bits per heavy atom. The van der Waals surface area contributed by atoms with E-state index in [9.17, 15) is 4.79 Å². The minimum atomic E-state index is -0.201. The van der Waals surface area contributed by atoms with Crippen molar-refractivity contribution in [2.75, 3.05) is 7.11 Å². The Morgan fingerprint density at radius 1 is 1.50 bits per heavy atom. The second kappa shape index (κ2) is 3.16. The van der Waals surface area contributed by atoms with Gasteiger partial charge in [-0.1, -0.05) is 6.08 Å². The zero-order valence-electron chi connectivity index (χ0n) is 8.60. The average molecular weight is 215 g/mol. The van der Waals surface area contributed by atoms with E-state index in [1.807, 2.05) is 18.2 Å². The fourth-order valence-corrected chi connectivity index (χ4v) is 1.89. The van der Waals surface area contributed by atoms with Gasteiger partial charge in [0.2, 0.25) is 0 Å². The van der Waals surface area contributed by atoms with Crippen molar-refractivity contribution in [3.05, 3.63) is 51.4 Å². The third-order valence-electron chi connectivity index (χ3n) is 2.67. The summed E-state index contributed by atoms with van der Waals surface area (Å²) < 4.78 is 5.14. The van der Waals surface area contributed by atoms with E-state index in [4.69, 9.17) is 4.74 Å². The Labute approximate surface area is 90.5 Å². The molecule has 5 heteroatoms. The Morgan fingerprint density at radius 3 is 3.19 bits per heavy atom. The Kier molecular flexibility index (Phi) is 1.80. The van der Waals surface area contributed by atoms with E-state index >= 15 is 0 Å². The van der Waals surface area contributed by atoms with Crippen molar-refractivity contribution in [2.45, 2.75) is 6.04 Å². The molecule has 0 fully saturated rings. The molecule has 0 bridgehead atoms. The van der Waals surface area contributed by atoms with E-state index in [-0.39, 0.29) is 11.6 Å². The monoisotopic (exact) mass is 215 g/mol. The molecule has 2 aliphatic rings. The Hall–Kier alpha value is -2.17. The van der Waals surface area contributed by atoms with Crippen LogP contribution in [0.2, 0.25) is 0 Å². The number of hydrogen-bond acceptors (Lipinski definition) is 4. The number of hydrogen-bond donors (Lipinski definition) is 1. The van der Waals surface area contributed by atoms with E-state index < -0.39 is 0 Å². The summed E-state index contributed by atoms with van der Waals surface area (Å²) in [5.74, 6) is 0.747. The van der Waals surface area contributed by atoms with E-state index in [2.05, 4.69) is 15.0 Å². The van der Waals surface area contributed by atoms with Gasteiger partial charge in [-0.25, -0.2) is 4.98 Å². The number of allylic oxidation sites excluding steroid dienone is 1. The first kappa shape index (κ1) is 9.08. The van der Waals surface area contributed by atoms with Crippen LogP contribution >= 0.6 is 0 Å². The lowest BCUT2D eigenvalue weighted by molar-refractivity contribution is 0.306. The van der Waals surface area contributed by atoms with Crippen LogP contribution in [0.25, 0.3) is 5.57 Å². The highest BCUT2D eigenvalue weighted by molar-refractivity contribution is 5.68. The molecule has 0 saturated heterocycles. The van der Waals surface area contributed by atoms with Crippen LogP contribution in [-0.4, -0.2) is 23.1 Å². The molecule has 2 heterocycles. The number of ether oxygens (including phenoxy) is 1. The maximum absolute atomic E-state index is 11.5. The molecule has 0 spiro atoms. The highest BCUT2D eigenvalue weighted by Crippen LogP contribution is 2.20. The van der Waals surface area contributed by atoms with Crippen molar-refractivity contribution in [3.8, 4) is 0 Å². The first-order valence-electron chi connectivity index (χ1n) is 4.89. The minimum Gasteiger partial charge on any atom is -0.497 e. The van der Waals surface area contributed by atoms with Gasteiger partial charge >= 0.3 is 0 Å². The van der Waals surface area contributed by atoms with Crippen molar-refractivity contribution < 1.29 is 4.74 Å². The van der Waals surface area contributed by atoms with Crippen LogP contribution in [0.1, 0.15) is 0 Å². The number of nitrogens with one attached hydrogen (secondary N) is 1. The quantitative estimate of drug-likeness (QED) is 0.655. The van der Waals surface area contributed by atoms with Crippen molar-refractivity contribution in [3.63, 3.8) is 0 Å². The maximum atomic E-state index is 11.5. The van der Waals surface area contributed by atoms with Gasteiger partial charge in [-0.05, 0) is 12.2 Å². The summed E-state index contributed by atoms with van der Waals surface area (Å²) in [6, 6.07) is -0.107. The van der Waals surface area contributed by atoms with Crippen LogP contribution in [0, 0.1) is 0 Å². The van der Waals surface area contributed by atoms with Crippen molar-refractivity contribution >= 4 is 5.57 Å². The van der Waals surface area contributed by atoms with Crippen LogP contribution in [0.5, 0.6) is 0 Å². The van der Waals surface area contributed by atoms with E-state index in [0.29, 0.717) is 10.7 Å². The number of nitrogens with zero attached hydrogens (tertiary/aromatic N) is 2. The minimum absolute atomic E-state index is 0.107. The van der Waals surface area contributed by atoms with Gasteiger partial charge in [0.1, 0.15) is 16.5 Å². The largest absolute Gasteiger partial charge is 0.497 e. The molecule has 0 radical (unpaired) electrons. The smallest absolute Gasteiger partial charge is 0.276 e. The molecule has 0 amide bonds. The zero-order valence-corrected chi connectivity index (χ0v) is 8.60. The van der Waals surface area contributed by atoms with Crippen molar-refractivity contribution in [1.29, 1.82) is 0 Å². The molecule has 1 atom stereocenters. The van der Waals surface area contributed by atoms with Crippen LogP contribution < -0.4 is 16.3 Å². The molecule has 1 N–H and O–H groups in total. The fraction of sp³-hybridized carbons (Fsp3) is 0.182. The summed E-state index contributed by atoms with van der Waals surface area (Å²) in [5, 5.41) is 1.05. The normalized spacial score (nSPS) is 20.9. The molecular weight excluding hydrogens is 206 g/mol. The molecule has 0 saturated carbocycles. The lowest BCUT2D eigenvalue weighted by Crippen LogP contribution is -2.41. The predicted molar refractivity (Wildman–Crippen MR) is 57.1 cm³/mol. The maximum Gasteiger partial charge on any atom is 0.276 e. The second-order valence-electron chi connectivity index (χ2n) is 3.57. The Balaban J connectivity index is 2.37. The van der Waals surface area contributed by atoms with Crippen molar-refractivity contribution in [2.24, 2.45) is 4.99 Å². The summed E-state index contributed by atoms with van der Waals surface area (Å²) in [4.78, 5) is 22.5. The number of rotatable bonds is 1. The third-order valence-corrected chi connectivity index (χ3v) is 2.67. The predicted octanol–water partition coefficient (Wildman–Crippen LogP) is -0.977. The number of aromatic nitrogens is 2. The number of H-pyrrole nitrogens is 1. The van der Waals surface area contributed by atoms with Crippen LogP contribution in [0.3, 0.4) is 0 Å². The van der Waals surface area contributed by atoms with Gasteiger partial charge in [0, 0.05) is 5.57 Å². The third kappa shape index (κ3) is 1.14. The van der Waals surface area contributed by atoms with E-state index in [0.717, 1.165) is 11.3 Å². The molecule has 1 aliphatic carbocycles. The molecule has 16 heavy (non-hydrogen) atoms. The summed E-state index contributed by atoms with van der Waals surface area (Å²) in [5.41, 5.74) is 0.716. The van der Waals surface area contributed by atoms with Gasteiger partial charge in [0.05, 0.1) is 19.5 Å². The van der Waals surface area contributed by atoms with E-state index in [1.165, 1.54) is 6.33 Å².